The van der Waals surface area contributed by atoms with Crippen molar-refractivity contribution < 1.29 is 8.42 Å². The largest absolute Gasteiger partial charge is 0.348 e. The number of nitrogens with zero attached hydrogens (tertiary/aromatic N) is 3. The minimum absolute atomic E-state index is 0.154. The summed E-state index contributed by atoms with van der Waals surface area (Å²) < 4.78 is 26.2. The van der Waals surface area contributed by atoms with Crippen molar-refractivity contribution in [1.29, 1.82) is 5.26 Å². The highest BCUT2D eigenvalue weighted by Crippen LogP contribution is 2.31. The van der Waals surface area contributed by atoms with Crippen LogP contribution >= 0.6 is 11.3 Å². The van der Waals surface area contributed by atoms with Gasteiger partial charge in [-0.05, 0) is 62.4 Å². The molecule has 1 saturated heterocycles. The molecule has 2 heterocycles. The van der Waals surface area contributed by atoms with Crippen molar-refractivity contribution >= 4 is 26.3 Å². The van der Waals surface area contributed by atoms with Crippen LogP contribution in [0, 0.1) is 32.1 Å². The molecule has 0 amide bonds. The van der Waals surface area contributed by atoms with Gasteiger partial charge in [0.15, 0.2) is 15.0 Å². The first-order valence-corrected chi connectivity index (χ1v) is 13.2. The highest BCUT2D eigenvalue weighted by molar-refractivity contribution is 7.92. The maximum atomic E-state index is 13.1. The van der Waals surface area contributed by atoms with Crippen LogP contribution in [0.25, 0.3) is 0 Å². The molecular formula is C25H27N3O2S2. The Kier molecular flexibility index (Phi) is 6.36. The molecule has 166 valence electrons. The summed E-state index contributed by atoms with van der Waals surface area (Å²) in [5, 5.41) is 11.9. The zero-order valence-corrected chi connectivity index (χ0v) is 20.3. The van der Waals surface area contributed by atoms with Crippen LogP contribution in [0.3, 0.4) is 0 Å². The third kappa shape index (κ3) is 4.43. The van der Waals surface area contributed by atoms with Gasteiger partial charge in [-0.3, -0.25) is 0 Å². The van der Waals surface area contributed by atoms with Gasteiger partial charge in [0.2, 0.25) is 0 Å². The molecule has 1 aliphatic rings. The molecule has 2 aromatic carbocycles. The maximum Gasteiger partial charge on any atom is 0.185 e. The third-order valence-electron chi connectivity index (χ3n) is 6.20. The molecule has 0 aliphatic carbocycles. The van der Waals surface area contributed by atoms with Crippen molar-refractivity contribution in [2.24, 2.45) is 0 Å². The standard InChI is InChI=1S/C25H27N3O2S2/c1-17-12-18(2)23(19(3)13-17)14-21-16-31-25(27-21)28-10-8-22(9-11-28)32(29,30)24-7-5-4-6-20(24)15-26/h4-7,12-13,16,22H,8-11,14H2,1-3H3. The minimum atomic E-state index is -3.53. The van der Waals surface area contributed by atoms with E-state index in [1.54, 1.807) is 35.6 Å². The third-order valence-corrected chi connectivity index (χ3v) is 9.47. The van der Waals surface area contributed by atoms with Gasteiger partial charge in [0.25, 0.3) is 0 Å². The van der Waals surface area contributed by atoms with E-state index in [1.165, 1.54) is 22.3 Å². The number of aromatic nitrogens is 1. The van der Waals surface area contributed by atoms with Gasteiger partial charge < -0.3 is 4.90 Å². The predicted octanol–water partition coefficient (Wildman–Crippen LogP) is 4.97. The van der Waals surface area contributed by atoms with Gasteiger partial charge in [0, 0.05) is 24.9 Å². The molecular weight excluding hydrogens is 438 g/mol. The Bertz CT molecular complexity index is 1260. The summed E-state index contributed by atoms with van der Waals surface area (Å²) >= 11 is 1.62. The molecule has 5 nitrogen and oxygen atoms in total. The number of piperidine rings is 1. The van der Waals surface area contributed by atoms with Crippen molar-refractivity contribution in [3.05, 3.63) is 75.3 Å². The number of nitriles is 1. The van der Waals surface area contributed by atoms with Crippen LogP contribution in [-0.4, -0.2) is 31.7 Å². The zero-order valence-electron chi connectivity index (χ0n) is 18.6. The lowest BCUT2D eigenvalue weighted by atomic mass is 9.96. The van der Waals surface area contributed by atoms with Crippen molar-refractivity contribution in [1.82, 2.24) is 4.98 Å². The van der Waals surface area contributed by atoms with E-state index >= 15 is 0 Å². The number of anilines is 1. The molecule has 1 aromatic heterocycles. The molecule has 0 bridgehead atoms. The van der Waals surface area contributed by atoms with Crippen LogP contribution in [0.2, 0.25) is 0 Å². The first-order chi connectivity index (χ1) is 15.3. The highest BCUT2D eigenvalue weighted by Gasteiger charge is 2.33. The second-order valence-corrected chi connectivity index (χ2v) is 11.5. The Morgan fingerprint density at radius 3 is 2.44 bits per heavy atom. The lowest BCUT2D eigenvalue weighted by Gasteiger charge is -2.31. The number of hydrogen-bond donors (Lipinski definition) is 0. The summed E-state index contributed by atoms with van der Waals surface area (Å²) in [7, 11) is -3.53. The van der Waals surface area contributed by atoms with Gasteiger partial charge >= 0.3 is 0 Å². The lowest BCUT2D eigenvalue weighted by molar-refractivity contribution is 0.529. The first kappa shape index (κ1) is 22.5. The monoisotopic (exact) mass is 465 g/mol. The molecule has 3 aromatic rings. The normalized spacial score (nSPS) is 15.0. The molecule has 0 unspecified atom stereocenters. The quantitative estimate of drug-likeness (QED) is 0.532. The van der Waals surface area contributed by atoms with Crippen molar-refractivity contribution in [2.45, 2.75) is 50.2 Å². The summed E-state index contributed by atoms with van der Waals surface area (Å²) in [6, 6.07) is 12.9. The molecule has 0 spiro atoms. The number of hydrogen-bond acceptors (Lipinski definition) is 6. The van der Waals surface area contributed by atoms with Crippen molar-refractivity contribution in [2.75, 3.05) is 18.0 Å². The molecule has 0 saturated carbocycles. The number of thiazole rings is 1. The number of sulfone groups is 1. The first-order valence-electron chi connectivity index (χ1n) is 10.8. The Morgan fingerprint density at radius 1 is 1.12 bits per heavy atom. The van der Waals surface area contributed by atoms with Crippen LogP contribution in [0.15, 0.2) is 46.7 Å². The van der Waals surface area contributed by atoms with Crippen molar-refractivity contribution in [3.63, 3.8) is 0 Å². The smallest absolute Gasteiger partial charge is 0.185 e. The fourth-order valence-corrected chi connectivity index (χ4v) is 7.29. The van der Waals surface area contributed by atoms with E-state index in [0.717, 1.165) is 17.2 Å². The number of aryl methyl sites for hydroxylation is 3. The average molecular weight is 466 g/mol. The molecule has 1 aliphatic heterocycles. The van der Waals surface area contributed by atoms with E-state index in [4.69, 9.17) is 4.98 Å². The number of rotatable bonds is 5. The summed E-state index contributed by atoms with van der Waals surface area (Å²) in [5.74, 6) is 0. The summed E-state index contributed by atoms with van der Waals surface area (Å²) in [4.78, 5) is 7.20. The Hall–Kier alpha value is -2.69. The summed E-state index contributed by atoms with van der Waals surface area (Å²) in [6.07, 6.45) is 1.88. The van der Waals surface area contributed by atoms with Gasteiger partial charge in [-0.15, -0.1) is 11.3 Å². The predicted molar refractivity (Wildman–Crippen MR) is 129 cm³/mol. The molecule has 0 radical (unpaired) electrons. The molecule has 7 heteroatoms. The fraction of sp³-hybridized carbons (Fsp3) is 0.360. The average Bonchev–Trinajstić information content (AvgIpc) is 3.25. The van der Waals surface area contributed by atoms with E-state index in [9.17, 15) is 13.7 Å². The Morgan fingerprint density at radius 2 is 1.78 bits per heavy atom. The van der Waals surface area contributed by atoms with E-state index in [2.05, 4.69) is 43.2 Å². The molecule has 0 atom stereocenters. The Labute approximate surface area is 194 Å². The van der Waals surface area contributed by atoms with Crippen LogP contribution in [0.5, 0.6) is 0 Å². The summed E-state index contributed by atoms with van der Waals surface area (Å²) in [5.41, 5.74) is 6.46. The van der Waals surface area contributed by atoms with E-state index in [0.29, 0.717) is 25.9 Å². The number of benzene rings is 2. The van der Waals surface area contributed by atoms with Gasteiger partial charge in [0.1, 0.15) is 6.07 Å². The van der Waals surface area contributed by atoms with Crippen LogP contribution < -0.4 is 4.90 Å². The SMILES string of the molecule is Cc1cc(C)c(Cc2csc(N3CCC(S(=O)(=O)c4ccccc4C#N)CC3)n2)c(C)c1. The van der Waals surface area contributed by atoms with Crippen molar-refractivity contribution in [3.8, 4) is 6.07 Å². The molecule has 1 fully saturated rings. The maximum absolute atomic E-state index is 13.1. The van der Waals surface area contributed by atoms with Crippen LogP contribution in [0.1, 0.15) is 46.4 Å². The summed E-state index contributed by atoms with van der Waals surface area (Å²) in [6.45, 7) is 7.71. The van der Waals surface area contributed by atoms with Crippen LogP contribution in [-0.2, 0) is 16.3 Å². The van der Waals surface area contributed by atoms with E-state index in [-0.39, 0.29) is 10.5 Å². The van der Waals surface area contributed by atoms with Gasteiger partial charge in [-0.25, -0.2) is 13.4 Å². The second-order valence-electron chi connectivity index (χ2n) is 8.51. The van der Waals surface area contributed by atoms with Gasteiger partial charge in [0.05, 0.1) is 21.4 Å². The van der Waals surface area contributed by atoms with Gasteiger partial charge in [-0.2, -0.15) is 5.26 Å². The molecule has 4 rings (SSSR count). The molecule has 0 N–H and O–H groups in total. The lowest BCUT2D eigenvalue weighted by Crippen LogP contribution is -2.39. The minimum Gasteiger partial charge on any atom is -0.348 e. The topological polar surface area (TPSA) is 74.1 Å². The van der Waals surface area contributed by atoms with Crippen LogP contribution in [0.4, 0.5) is 5.13 Å². The highest BCUT2D eigenvalue weighted by atomic mass is 32.2. The van der Waals surface area contributed by atoms with E-state index in [1.807, 2.05) is 6.07 Å². The fourth-order valence-electron chi connectivity index (χ4n) is 4.54. The molecule has 32 heavy (non-hydrogen) atoms. The zero-order chi connectivity index (χ0) is 22.9. The van der Waals surface area contributed by atoms with E-state index < -0.39 is 15.1 Å². The van der Waals surface area contributed by atoms with Gasteiger partial charge in [-0.1, -0.05) is 29.8 Å². The Balaban J connectivity index is 1.45. The second kappa shape index (κ2) is 9.05.